The predicted octanol–water partition coefficient (Wildman–Crippen LogP) is 4.35. The Morgan fingerprint density at radius 1 is 1.06 bits per heavy atom. The summed E-state index contributed by atoms with van der Waals surface area (Å²) in [4.78, 5) is 0. The van der Waals surface area contributed by atoms with Crippen LogP contribution >= 0.6 is 34.9 Å². The SMILES string of the molecule is N#Cc1ccc(-n2cc3sc(=S)sc3c2)cc1. The van der Waals surface area contributed by atoms with Gasteiger partial charge in [-0.3, -0.25) is 0 Å². The number of fused-ring (bicyclic) bond motifs is 1. The number of benzene rings is 1. The van der Waals surface area contributed by atoms with Crippen molar-refractivity contribution in [2.24, 2.45) is 0 Å². The lowest BCUT2D eigenvalue weighted by Crippen LogP contribution is -1.88. The van der Waals surface area contributed by atoms with E-state index in [1.54, 1.807) is 22.7 Å². The van der Waals surface area contributed by atoms with Gasteiger partial charge in [-0.25, -0.2) is 0 Å². The molecular formula is C12H6N2S3. The van der Waals surface area contributed by atoms with Crippen LogP contribution in [-0.2, 0) is 0 Å². The standard InChI is InChI=1S/C12H6N2S3/c13-5-8-1-3-9(4-2-8)14-6-10-11(7-14)17-12(15)16-10/h1-4,6-7H. The Bertz CT molecular complexity index is 734. The van der Waals surface area contributed by atoms with Crippen LogP contribution in [0.4, 0.5) is 0 Å². The van der Waals surface area contributed by atoms with Gasteiger partial charge in [-0.1, -0.05) is 12.2 Å². The van der Waals surface area contributed by atoms with E-state index < -0.39 is 0 Å². The van der Waals surface area contributed by atoms with Crippen molar-refractivity contribution in [3.8, 4) is 11.8 Å². The van der Waals surface area contributed by atoms with Crippen LogP contribution in [0.25, 0.3) is 15.1 Å². The number of nitriles is 1. The topological polar surface area (TPSA) is 28.7 Å². The summed E-state index contributed by atoms with van der Waals surface area (Å²) in [6.07, 6.45) is 4.15. The number of rotatable bonds is 1. The van der Waals surface area contributed by atoms with Crippen LogP contribution in [0.3, 0.4) is 0 Å². The molecule has 0 N–H and O–H groups in total. The lowest BCUT2D eigenvalue weighted by Gasteiger charge is -2.01. The fourth-order valence-electron chi connectivity index (χ4n) is 1.63. The van der Waals surface area contributed by atoms with Gasteiger partial charge in [-0.2, -0.15) is 5.26 Å². The van der Waals surface area contributed by atoms with E-state index >= 15 is 0 Å². The Hall–Kier alpha value is -1.48. The summed E-state index contributed by atoms with van der Waals surface area (Å²) < 4.78 is 5.45. The summed E-state index contributed by atoms with van der Waals surface area (Å²) in [6.45, 7) is 0. The highest BCUT2D eigenvalue weighted by Gasteiger charge is 2.03. The third-order valence-corrected chi connectivity index (χ3v) is 4.99. The van der Waals surface area contributed by atoms with Gasteiger partial charge in [0.05, 0.1) is 21.0 Å². The van der Waals surface area contributed by atoms with Crippen LogP contribution in [0, 0.1) is 14.5 Å². The van der Waals surface area contributed by atoms with Gasteiger partial charge in [0.15, 0.2) is 0 Å². The first-order valence-electron chi connectivity index (χ1n) is 4.88. The molecule has 0 radical (unpaired) electrons. The molecule has 0 spiro atoms. The molecule has 0 aliphatic carbocycles. The lowest BCUT2D eigenvalue weighted by molar-refractivity contribution is 1.09. The first-order chi connectivity index (χ1) is 8.26. The molecule has 17 heavy (non-hydrogen) atoms. The van der Waals surface area contributed by atoms with Crippen molar-refractivity contribution >= 4 is 44.3 Å². The largest absolute Gasteiger partial charge is 0.321 e. The molecule has 0 fully saturated rings. The highest BCUT2D eigenvalue weighted by atomic mass is 32.2. The zero-order chi connectivity index (χ0) is 11.8. The van der Waals surface area contributed by atoms with Crippen LogP contribution < -0.4 is 0 Å². The van der Waals surface area contributed by atoms with Gasteiger partial charge in [0.2, 0.25) is 0 Å². The zero-order valence-corrected chi connectivity index (χ0v) is 11.0. The third kappa shape index (κ3) is 1.91. The van der Waals surface area contributed by atoms with E-state index in [2.05, 4.69) is 23.0 Å². The number of nitrogens with zero attached hydrogens (tertiary/aromatic N) is 2. The fourth-order valence-corrected chi connectivity index (χ4v) is 4.12. The second-order valence-electron chi connectivity index (χ2n) is 3.51. The maximum absolute atomic E-state index is 8.75. The summed E-state index contributed by atoms with van der Waals surface area (Å²) in [5.74, 6) is 0. The normalized spacial score (nSPS) is 10.5. The molecule has 0 saturated carbocycles. The zero-order valence-electron chi connectivity index (χ0n) is 8.58. The van der Waals surface area contributed by atoms with E-state index in [9.17, 15) is 0 Å². The highest BCUT2D eigenvalue weighted by molar-refractivity contribution is 7.77. The van der Waals surface area contributed by atoms with Crippen molar-refractivity contribution in [3.63, 3.8) is 0 Å². The van der Waals surface area contributed by atoms with Crippen LogP contribution in [0.15, 0.2) is 36.7 Å². The molecule has 2 heterocycles. The molecule has 0 amide bonds. The summed E-state index contributed by atoms with van der Waals surface area (Å²) in [6, 6.07) is 9.66. The van der Waals surface area contributed by atoms with Gasteiger partial charge in [0, 0.05) is 18.1 Å². The number of hydrogen-bond donors (Lipinski definition) is 0. The summed E-state index contributed by atoms with van der Waals surface area (Å²) in [5, 5.41) is 8.75. The van der Waals surface area contributed by atoms with E-state index in [-0.39, 0.29) is 0 Å². The maximum atomic E-state index is 8.75. The molecule has 1 aromatic carbocycles. The van der Waals surface area contributed by atoms with E-state index in [0.29, 0.717) is 5.56 Å². The van der Waals surface area contributed by atoms with Crippen molar-refractivity contribution in [2.45, 2.75) is 0 Å². The monoisotopic (exact) mass is 274 g/mol. The quantitative estimate of drug-likeness (QED) is 0.617. The molecule has 0 bridgehead atoms. The van der Waals surface area contributed by atoms with E-state index in [4.69, 9.17) is 17.5 Å². The molecule has 0 aliphatic rings. The molecule has 0 atom stereocenters. The van der Waals surface area contributed by atoms with Crippen LogP contribution in [0.1, 0.15) is 5.56 Å². The number of hydrogen-bond acceptors (Lipinski definition) is 4. The Labute approximate surface area is 111 Å². The Kier molecular flexibility index (Phi) is 2.56. The second kappa shape index (κ2) is 4.08. The van der Waals surface area contributed by atoms with Gasteiger partial charge in [-0.15, -0.1) is 22.7 Å². The van der Waals surface area contributed by atoms with Crippen molar-refractivity contribution in [3.05, 3.63) is 45.4 Å². The van der Waals surface area contributed by atoms with E-state index in [1.165, 1.54) is 9.40 Å². The second-order valence-corrected chi connectivity index (χ2v) is 6.79. The smallest absolute Gasteiger partial charge is 0.144 e. The van der Waals surface area contributed by atoms with E-state index in [1.807, 2.05) is 24.3 Å². The summed E-state index contributed by atoms with van der Waals surface area (Å²) in [5.41, 5.74) is 1.74. The Morgan fingerprint density at radius 2 is 1.65 bits per heavy atom. The molecule has 2 nitrogen and oxygen atoms in total. The van der Waals surface area contributed by atoms with Gasteiger partial charge in [0.1, 0.15) is 3.14 Å². The van der Waals surface area contributed by atoms with Crippen LogP contribution in [0.5, 0.6) is 0 Å². The predicted molar refractivity (Wildman–Crippen MR) is 74.6 cm³/mol. The van der Waals surface area contributed by atoms with Gasteiger partial charge in [-0.05, 0) is 24.3 Å². The molecule has 3 rings (SSSR count). The maximum Gasteiger partial charge on any atom is 0.144 e. The highest BCUT2D eigenvalue weighted by Crippen LogP contribution is 2.30. The van der Waals surface area contributed by atoms with Crippen molar-refractivity contribution < 1.29 is 0 Å². The van der Waals surface area contributed by atoms with Gasteiger partial charge >= 0.3 is 0 Å². The van der Waals surface area contributed by atoms with Crippen molar-refractivity contribution in [1.29, 1.82) is 5.26 Å². The molecule has 2 aromatic heterocycles. The van der Waals surface area contributed by atoms with Gasteiger partial charge < -0.3 is 4.57 Å². The first kappa shape index (κ1) is 10.7. The Morgan fingerprint density at radius 3 is 2.18 bits per heavy atom. The summed E-state index contributed by atoms with van der Waals surface area (Å²) >= 11 is 8.42. The Balaban J connectivity index is 2.10. The average Bonchev–Trinajstić information content (AvgIpc) is 2.86. The summed E-state index contributed by atoms with van der Waals surface area (Å²) in [7, 11) is 0. The van der Waals surface area contributed by atoms with Crippen LogP contribution in [0.2, 0.25) is 0 Å². The minimum absolute atomic E-state index is 0.679. The third-order valence-electron chi connectivity index (χ3n) is 2.44. The van der Waals surface area contributed by atoms with Crippen LogP contribution in [-0.4, -0.2) is 4.57 Å². The number of aromatic nitrogens is 1. The first-order valence-corrected chi connectivity index (χ1v) is 6.92. The molecule has 3 aromatic rings. The molecular weight excluding hydrogens is 268 g/mol. The minimum Gasteiger partial charge on any atom is -0.321 e. The lowest BCUT2D eigenvalue weighted by atomic mass is 10.2. The average molecular weight is 274 g/mol. The molecule has 0 unspecified atom stereocenters. The molecule has 5 heteroatoms. The van der Waals surface area contributed by atoms with Crippen molar-refractivity contribution in [2.75, 3.05) is 0 Å². The van der Waals surface area contributed by atoms with Crippen molar-refractivity contribution in [1.82, 2.24) is 4.57 Å². The fraction of sp³-hybridized carbons (Fsp3) is 0. The molecule has 0 aliphatic heterocycles. The van der Waals surface area contributed by atoms with Gasteiger partial charge in [0.25, 0.3) is 0 Å². The molecule has 0 saturated heterocycles. The minimum atomic E-state index is 0.679. The molecule has 82 valence electrons. The van der Waals surface area contributed by atoms with E-state index in [0.717, 1.165) is 8.82 Å².